The lowest BCUT2D eigenvalue weighted by molar-refractivity contribution is -0.147. The summed E-state index contributed by atoms with van der Waals surface area (Å²) >= 11 is 1.40. The number of anilines is 2. The Bertz CT molecular complexity index is 3260. The SMILES string of the molecule is C[C@@H](O)[C@@H]1NC(=O)C(NCC2CCN(c3nnc(-c4cnc(N5CCC(OC6CCCCC6)CC5)nc4)s3)CC2)C[C@@H](O)CNC(=O)[C@@H]2[C@@H](O)[C@@H](C)CN2C(=O)[C@H]([C@H](O)CCNC(CO)CO)NC(=O)[C@H]([C@H](O)Cc2ccc(O)c(OS(=O)(=O)O)c2)NC(=O)[C@@H]2C[C@@H](O)CN2C1=O. The zero-order valence-electron chi connectivity index (χ0n) is 54.1. The number of aromatic hydroxyl groups is 1. The minimum absolute atomic E-state index is 0.0600. The lowest BCUT2D eigenvalue weighted by Crippen LogP contribution is -2.64. The van der Waals surface area contributed by atoms with Gasteiger partial charge < -0.3 is 106 Å². The third-order valence-electron chi connectivity index (χ3n) is 18.9. The fourth-order valence-electron chi connectivity index (χ4n) is 13.3. The number of hydrogen-bond donors (Lipinski definition) is 16. The molecule has 1 aromatic carbocycles. The van der Waals surface area contributed by atoms with Gasteiger partial charge in [0.2, 0.25) is 46.5 Å². The standard InChI is InChI=1S/C61H92N14O20S2/c1-32-28-75-51(52(32)84)56(88)64-27-38(79)22-42(63-24-34-11-16-73(17-12-34)61-71-70-57(96-61)36-25-65-60(66-26-36)72-18-13-41(14-19-72)94-40-6-4-3-5-7-40)53(85)67-48(33(2)78)58(89)74-29-39(80)23-43(74)54(86)68-49(46(83)20-35-8-9-44(81)47(21-35)95-97(91,92)93)55(87)69-50(59(75)90)45(82)10-15-62-37(30-76)31-77/h8-9,21,25-26,32-34,37-43,45-46,48-52,62-63,76-84H,3-7,10-20,22-24,27-31H2,1-2H3,(H,64,88)(H,67,85)(H,68,86)(H,69,87)(H,91,92,93)/t32-,33+,38+,39+,42?,43-,45+,46+,48-,49-,50-,51-,52-/m0/s1. The van der Waals surface area contributed by atoms with Crippen LogP contribution < -0.4 is 45.9 Å². The van der Waals surface area contributed by atoms with Crippen LogP contribution >= 0.6 is 11.3 Å². The molecule has 2 aromatic heterocycles. The number of fused-ring (bicyclic) bond motifs is 2. The highest BCUT2D eigenvalue weighted by Crippen LogP contribution is 2.34. The number of piperidine rings is 2. The van der Waals surface area contributed by atoms with Gasteiger partial charge in [-0.2, -0.15) is 8.42 Å². The minimum Gasteiger partial charge on any atom is -0.504 e. The maximum absolute atomic E-state index is 15.0. The molecule has 6 aliphatic rings. The molecule has 9 rings (SSSR count). The number of amides is 6. The summed E-state index contributed by atoms with van der Waals surface area (Å²) in [5.74, 6) is -8.63. The second-order valence-electron chi connectivity index (χ2n) is 26.2. The van der Waals surface area contributed by atoms with Crippen molar-refractivity contribution in [3.63, 3.8) is 0 Å². The molecule has 0 radical (unpaired) electrons. The number of nitrogens with zero attached hydrogens (tertiary/aromatic N) is 8. The summed E-state index contributed by atoms with van der Waals surface area (Å²) < 4.78 is 43.5. The Hall–Kier alpha value is -6.65. The molecule has 0 bridgehead atoms. The predicted molar refractivity (Wildman–Crippen MR) is 345 cm³/mol. The molecule has 5 saturated heterocycles. The largest absolute Gasteiger partial charge is 0.504 e. The van der Waals surface area contributed by atoms with Gasteiger partial charge in [0.15, 0.2) is 16.5 Å². The number of phenols is 1. The first-order chi connectivity index (χ1) is 46.3. The first-order valence-electron chi connectivity index (χ1n) is 33.1. The highest BCUT2D eigenvalue weighted by Gasteiger charge is 2.50. The van der Waals surface area contributed by atoms with Gasteiger partial charge in [-0.25, -0.2) is 9.97 Å². The molecule has 97 heavy (non-hydrogen) atoms. The number of carbonyl (C=O) groups excluding carboxylic acids is 6. The van der Waals surface area contributed by atoms with Crippen LogP contribution in [0.4, 0.5) is 11.1 Å². The van der Waals surface area contributed by atoms with E-state index in [0.717, 1.165) is 72.3 Å². The van der Waals surface area contributed by atoms with Crippen LogP contribution in [0.3, 0.4) is 0 Å². The quantitative estimate of drug-likeness (QED) is 0.0448. The lowest BCUT2D eigenvalue weighted by Gasteiger charge is -2.34. The molecule has 0 spiro atoms. The second kappa shape index (κ2) is 33.9. The van der Waals surface area contributed by atoms with Crippen LogP contribution in [-0.4, -0.2) is 288 Å². The summed E-state index contributed by atoms with van der Waals surface area (Å²) in [5, 5.41) is 125. The van der Waals surface area contributed by atoms with E-state index >= 15 is 0 Å². The minimum atomic E-state index is -5.23. The number of β-amino-alcohol motifs (C(OH)–C–C–N with tert-alkyl or cyclic N) is 1. The second-order valence-corrected chi connectivity index (χ2v) is 28.2. The first kappa shape index (κ1) is 74.6. The zero-order chi connectivity index (χ0) is 69.8. The molecule has 1 saturated carbocycles. The summed E-state index contributed by atoms with van der Waals surface area (Å²) in [6.07, 6.45) is 0.838. The average Bonchev–Trinajstić information content (AvgIpc) is 1.69. The van der Waals surface area contributed by atoms with Crippen molar-refractivity contribution in [2.75, 3.05) is 81.9 Å². The van der Waals surface area contributed by atoms with E-state index in [1.807, 2.05) is 0 Å². The van der Waals surface area contributed by atoms with Crippen molar-refractivity contribution in [2.45, 2.75) is 188 Å². The van der Waals surface area contributed by atoms with Crippen molar-refractivity contribution in [1.29, 1.82) is 0 Å². The molecule has 7 heterocycles. The Labute approximate surface area is 564 Å². The number of hydrogen-bond acceptors (Lipinski definition) is 28. The molecular weight excluding hydrogens is 1310 g/mol. The molecule has 1 unspecified atom stereocenters. The van der Waals surface area contributed by atoms with E-state index in [0.29, 0.717) is 48.1 Å². The Morgan fingerprint density at radius 1 is 0.742 bits per heavy atom. The van der Waals surface area contributed by atoms with Gasteiger partial charge in [-0.05, 0) is 95.0 Å². The summed E-state index contributed by atoms with van der Waals surface area (Å²) in [5.41, 5.74) is 0.629. The van der Waals surface area contributed by atoms with Crippen LogP contribution in [0.25, 0.3) is 10.6 Å². The Morgan fingerprint density at radius 3 is 2.06 bits per heavy atom. The predicted octanol–water partition coefficient (Wildman–Crippen LogP) is -4.44. The van der Waals surface area contributed by atoms with Crippen molar-refractivity contribution in [3.8, 4) is 22.1 Å². The number of ether oxygens (including phenoxy) is 1. The van der Waals surface area contributed by atoms with Crippen molar-refractivity contribution in [3.05, 3.63) is 36.2 Å². The molecular formula is C61H92N14O20S2. The summed E-state index contributed by atoms with van der Waals surface area (Å²) in [4.78, 5) is 104. The number of rotatable bonds is 21. The van der Waals surface area contributed by atoms with Crippen LogP contribution in [0.5, 0.6) is 11.5 Å². The molecule has 36 heteroatoms. The van der Waals surface area contributed by atoms with Gasteiger partial charge in [-0.3, -0.25) is 33.3 Å². The van der Waals surface area contributed by atoms with Gasteiger partial charge in [0.1, 0.15) is 30.2 Å². The van der Waals surface area contributed by atoms with Gasteiger partial charge in [0.25, 0.3) is 0 Å². The maximum atomic E-state index is 15.0. The number of aliphatic hydroxyl groups is 8. The van der Waals surface area contributed by atoms with Crippen molar-refractivity contribution < 1.29 is 96.6 Å². The molecule has 6 fully saturated rings. The topological polar surface area (TPSA) is 494 Å². The molecule has 16 N–H and O–H groups in total. The average molecular weight is 1410 g/mol. The van der Waals surface area contributed by atoms with Crippen LogP contribution in [0, 0.1) is 11.8 Å². The van der Waals surface area contributed by atoms with Crippen molar-refractivity contribution in [1.82, 2.24) is 61.9 Å². The highest BCUT2D eigenvalue weighted by atomic mass is 32.3. The number of aromatic nitrogens is 4. The van der Waals surface area contributed by atoms with Gasteiger partial charge in [0.05, 0.1) is 74.1 Å². The molecule has 1 aliphatic carbocycles. The third kappa shape index (κ3) is 19.6. The highest BCUT2D eigenvalue weighted by molar-refractivity contribution is 7.81. The molecule has 34 nitrogen and oxygen atoms in total. The first-order valence-corrected chi connectivity index (χ1v) is 35.3. The summed E-state index contributed by atoms with van der Waals surface area (Å²) in [7, 11) is -5.23. The molecule has 3 aromatic rings. The van der Waals surface area contributed by atoms with E-state index in [4.69, 9.17) is 4.74 Å². The van der Waals surface area contributed by atoms with Gasteiger partial charge in [-0.15, -0.1) is 10.2 Å². The van der Waals surface area contributed by atoms with E-state index in [2.05, 4.69) is 66.0 Å². The number of carbonyl (C=O) groups is 6. The van der Waals surface area contributed by atoms with Gasteiger partial charge in [0, 0.05) is 82.5 Å². The Balaban J connectivity index is 0.925. The molecule has 5 aliphatic heterocycles. The molecule has 6 amide bonds. The smallest absolute Gasteiger partial charge is 0.446 e. The van der Waals surface area contributed by atoms with Crippen LogP contribution in [-0.2, 0) is 50.3 Å². The van der Waals surface area contributed by atoms with Crippen molar-refractivity contribution >= 4 is 68.3 Å². The number of benzene rings is 1. The zero-order valence-corrected chi connectivity index (χ0v) is 55.8. The number of aliphatic hydroxyl groups excluding tert-OH is 8. The maximum Gasteiger partial charge on any atom is 0.446 e. The van der Waals surface area contributed by atoms with Crippen LogP contribution in [0.1, 0.15) is 96.5 Å². The van der Waals surface area contributed by atoms with Crippen molar-refractivity contribution in [2.24, 2.45) is 11.8 Å². The Kier molecular flexibility index (Phi) is 26.1. The third-order valence-corrected chi connectivity index (χ3v) is 20.3. The van der Waals surface area contributed by atoms with E-state index < -0.39 is 194 Å². The van der Waals surface area contributed by atoms with Gasteiger partial charge >= 0.3 is 10.4 Å². The lowest BCUT2D eigenvalue weighted by atomic mass is 9.96. The van der Waals surface area contributed by atoms with E-state index in [-0.39, 0.29) is 37.2 Å². The summed E-state index contributed by atoms with van der Waals surface area (Å²) in [6.45, 7) is 2.81. The normalized spacial score (nSPS) is 27.9. The fraction of sp³-hybridized carbons (Fsp3) is 0.705. The van der Waals surface area contributed by atoms with E-state index in [9.17, 15) is 87.7 Å². The molecule has 13 atom stereocenters. The van der Waals surface area contributed by atoms with Crippen LogP contribution in [0.15, 0.2) is 30.6 Å². The van der Waals surface area contributed by atoms with E-state index in [1.165, 1.54) is 44.4 Å². The number of nitrogens with one attached hydrogen (secondary N) is 6. The Morgan fingerprint density at radius 2 is 1.39 bits per heavy atom. The molecule has 538 valence electrons. The fourth-order valence-corrected chi connectivity index (χ4v) is 14.6. The van der Waals surface area contributed by atoms with E-state index in [1.54, 1.807) is 12.4 Å². The summed E-state index contributed by atoms with van der Waals surface area (Å²) in [6, 6.07) is -8.88. The van der Waals surface area contributed by atoms with Crippen LogP contribution in [0.2, 0.25) is 0 Å². The van der Waals surface area contributed by atoms with Gasteiger partial charge in [-0.1, -0.05) is 43.6 Å². The monoisotopic (exact) mass is 1400 g/mol. The number of phenolic OH excluding ortho intramolecular Hbond substituents is 1.